The van der Waals surface area contributed by atoms with Crippen LogP contribution in [-0.2, 0) is 0 Å². The first-order valence-electron chi connectivity index (χ1n) is 1.13. The summed E-state index contributed by atoms with van der Waals surface area (Å²) in [5.41, 5.74) is 5.03. The van der Waals surface area contributed by atoms with E-state index >= 15 is 0 Å². The van der Waals surface area contributed by atoms with Crippen LogP contribution in [0.25, 0.3) is 0 Å². The number of alkyl halides is 1. The zero-order valence-corrected chi connectivity index (χ0v) is 6.24. The van der Waals surface area contributed by atoms with Gasteiger partial charge in [-0.2, -0.15) is 0 Å². The van der Waals surface area contributed by atoms with Crippen molar-refractivity contribution in [2.24, 2.45) is 5.73 Å². The highest BCUT2D eigenvalue weighted by Gasteiger charge is 1.70. The summed E-state index contributed by atoms with van der Waals surface area (Å²) in [6.45, 7) is 1.86. The zero-order chi connectivity index (χ0) is 3.58. The molecule has 5 heavy (non-hydrogen) atoms. The van der Waals surface area contributed by atoms with Crippen LogP contribution in [0.3, 0.4) is 0 Å². The van der Waals surface area contributed by atoms with Gasteiger partial charge in [-0.15, -0.1) is 17.0 Å². The summed E-state index contributed by atoms with van der Waals surface area (Å²) in [6.07, 6.45) is 0. The van der Waals surface area contributed by atoms with Crippen LogP contribution in [0.2, 0.25) is 0 Å². The molecule has 2 N–H and O–H groups in total. The Hall–Kier alpha value is 0.920. The molecular weight excluding hydrogens is 198 g/mol. The summed E-state index contributed by atoms with van der Waals surface area (Å²) in [7, 11) is 0. The van der Waals surface area contributed by atoms with E-state index < -0.39 is 0 Å². The summed E-state index contributed by atoms with van der Waals surface area (Å²) in [6, 6.07) is 0. The second kappa shape index (κ2) is 4.92. The molecule has 3 heteroatoms. The minimum absolute atomic E-state index is 0. The topological polar surface area (TPSA) is 26.0 Å². The molecular formula is C2H7Br2N. The quantitative estimate of drug-likeness (QED) is 0.467. The summed E-state index contributed by atoms with van der Waals surface area (Å²) < 4.78 is 0. The molecule has 0 saturated carbocycles. The van der Waals surface area contributed by atoms with E-state index in [1.807, 2.05) is 6.92 Å². The van der Waals surface area contributed by atoms with Crippen molar-refractivity contribution in [3.05, 3.63) is 0 Å². The van der Waals surface area contributed by atoms with Gasteiger partial charge in [0.25, 0.3) is 0 Å². The van der Waals surface area contributed by atoms with Gasteiger partial charge in [-0.3, -0.25) is 0 Å². The van der Waals surface area contributed by atoms with Gasteiger partial charge >= 0.3 is 0 Å². The number of hydrogen-bond donors (Lipinski definition) is 1. The first-order valence-corrected chi connectivity index (χ1v) is 2.04. The van der Waals surface area contributed by atoms with Crippen LogP contribution in [0.4, 0.5) is 0 Å². The van der Waals surface area contributed by atoms with Crippen LogP contribution >= 0.6 is 32.9 Å². The fourth-order valence-electron chi connectivity index (χ4n) is 0. The lowest BCUT2D eigenvalue weighted by Gasteiger charge is -1.78. The van der Waals surface area contributed by atoms with Gasteiger partial charge < -0.3 is 5.73 Å². The van der Waals surface area contributed by atoms with Gasteiger partial charge in [-0.25, -0.2) is 0 Å². The molecule has 0 fully saturated rings. The molecule has 0 aliphatic heterocycles. The fraction of sp³-hybridized carbons (Fsp3) is 1.00. The van der Waals surface area contributed by atoms with Gasteiger partial charge in [0.2, 0.25) is 0 Å². The third-order valence-corrected chi connectivity index (χ3v) is 0. The van der Waals surface area contributed by atoms with Crippen molar-refractivity contribution in [3.63, 3.8) is 0 Å². The van der Waals surface area contributed by atoms with Gasteiger partial charge in [-0.05, 0) is 6.92 Å². The van der Waals surface area contributed by atoms with E-state index in [1.54, 1.807) is 0 Å². The minimum atomic E-state index is 0. The predicted molar refractivity (Wildman–Crippen MR) is 32.9 cm³/mol. The molecule has 0 aliphatic rings. The highest BCUT2D eigenvalue weighted by atomic mass is 79.9. The fourth-order valence-corrected chi connectivity index (χ4v) is 0. The average Bonchev–Trinajstić information content (AvgIpc) is 0.811. The largest absolute Gasteiger partial charge is 0.319 e. The Labute approximate surface area is 50.8 Å². The van der Waals surface area contributed by atoms with Crippen LogP contribution in [0.1, 0.15) is 6.92 Å². The third kappa shape index (κ3) is 49.6. The zero-order valence-electron chi connectivity index (χ0n) is 2.94. The molecule has 1 unspecified atom stereocenters. The van der Waals surface area contributed by atoms with Crippen molar-refractivity contribution in [1.29, 1.82) is 0 Å². The summed E-state index contributed by atoms with van der Waals surface area (Å²) in [4.78, 5) is 0.146. The van der Waals surface area contributed by atoms with Crippen LogP contribution in [0.15, 0.2) is 0 Å². The van der Waals surface area contributed by atoms with Crippen molar-refractivity contribution in [1.82, 2.24) is 0 Å². The molecule has 34 valence electrons. The van der Waals surface area contributed by atoms with Gasteiger partial charge in [-0.1, -0.05) is 15.9 Å². The van der Waals surface area contributed by atoms with E-state index in [9.17, 15) is 0 Å². The van der Waals surface area contributed by atoms with E-state index in [-0.39, 0.29) is 21.9 Å². The smallest absolute Gasteiger partial charge is 0.0577 e. The Morgan fingerprint density at radius 1 is 1.80 bits per heavy atom. The highest BCUT2D eigenvalue weighted by Crippen LogP contribution is 1.80. The Bertz CT molecular complexity index is 12.4. The van der Waals surface area contributed by atoms with Crippen LogP contribution in [-0.4, -0.2) is 4.95 Å². The van der Waals surface area contributed by atoms with Crippen molar-refractivity contribution in [2.45, 2.75) is 11.9 Å². The molecule has 0 heterocycles. The molecule has 0 aromatic rings. The maximum absolute atomic E-state index is 5.03. The van der Waals surface area contributed by atoms with Gasteiger partial charge in [0.1, 0.15) is 0 Å². The maximum Gasteiger partial charge on any atom is 0.0577 e. The van der Waals surface area contributed by atoms with E-state index in [4.69, 9.17) is 5.73 Å². The minimum Gasteiger partial charge on any atom is -0.319 e. The Morgan fingerprint density at radius 2 is 1.80 bits per heavy atom. The van der Waals surface area contributed by atoms with E-state index in [0.29, 0.717) is 0 Å². The number of rotatable bonds is 0. The Kier molecular flexibility index (Phi) is 9.18. The monoisotopic (exact) mass is 203 g/mol. The summed E-state index contributed by atoms with van der Waals surface area (Å²) in [5.74, 6) is 0. The lowest BCUT2D eigenvalue weighted by Crippen LogP contribution is -2.02. The molecule has 0 saturated heterocycles. The SMILES string of the molecule is Br.CC(N)Br. The first-order chi connectivity index (χ1) is 1.73. The van der Waals surface area contributed by atoms with Gasteiger partial charge in [0.05, 0.1) is 4.95 Å². The Morgan fingerprint density at radius 3 is 1.80 bits per heavy atom. The van der Waals surface area contributed by atoms with Crippen LogP contribution < -0.4 is 5.73 Å². The molecule has 0 aromatic heterocycles. The molecule has 0 radical (unpaired) electrons. The maximum atomic E-state index is 5.03. The van der Waals surface area contributed by atoms with E-state index in [0.717, 1.165) is 0 Å². The molecule has 1 nitrogen and oxygen atoms in total. The lowest BCUT2D eigenvalue weighted by atomic mass is 10.8. The van der Waals surface area contributed by atoms with Crippen molar-refractivity contribution >= 4 is 32.9 Å². The molecule has 1 atom stereocenters. The van der Waals surface area contributed by atoms with Gasteiger partial charge in [0.15, 0.2) is 0 Å². The number of nitrogens with two attached hydrogens (primary N) is 1. The Balaban J connectivity index is 0. The molecule has 0 rings (SSSR count). The molecule has 0 spiro atoms. The first kappa shape index (κ1) is 9.33. The predicted octanol–water partition coefficient (Wildman–Crippen LogP) is 1.26. The standard InChI is InChI=1S/C2H6BrN.BrH/c1-2(3)4;/h2H,4H2,1H3;1H. The van der Waals surface area contributed by atoms with Crippen LogP contribution in [0, 0.1) is 0 Å². The van der Waals surface area contributed by atoms with Crippen molar-refractivity contribution < 1.29 is 0 Å². The molecule has 0 aromatic carbocycles. The number of halogens is 2. The molecule has 0 bridgehead atoms. The second-order valence-corrected chi connectivity index (χ2v) is 2.12. The number of hydrogen-bond acceptors (Lipinski definition) is 1. The third-order valence-electron chi connectivity index (χ3n) is 0. The summed E-state index contributed by atoms with van der Waals surface area (Å²) >= 11 is 3.05. The van der Waals surface area contributed by atoms with Crippen molar-refractivity contribution in [2.75, 3.05) is 0 Å². The molecule has 0 aliphatic carbocycles. The van der Waals surface area contributed by atoms with E-state index in [1.165, 1.54) is 0 Å². The lowest BCUT2D eigenvalue weighted by molar-refractivity contribution is 1.07. The van der Waals surface area contributed by atoms with Crippen LogP contribution in [0.5, 0.6) is 0 Å². The highest BCUT2D eigenvalue weighted by molar-refractivity contribution is 9.09. The molecule has 0 amide bonds. The van der Waals surface area contributed by atoms with Gasteiger partial charge in [0, 0.05) is 0 Å². The average molecular weight is 205 g/mol. The normalized spacial score (nSPS) is 12.6. The van der Waals surface area contributed by atoms with E-state index in [2.05, 4.69) is 15.9 Å². The second-order valence-electron chi connectivity index (χ2n) is 0.678. The van der Waals surface area contributed by atoms with Crippen molar-refractivity contribution in [3.8, 4) is 0 Å². The summed E-state index contributed by atoms with van der Waals surface area (Å²) in [5, 5.41) is 0.